The van der Waals surface area contributed by atoms with Crippen molar-refractivity contribution in [3.8, 4) is 45.3 Å². The van der Waals surface area contributed by atoms with Crippen LogP contribution in [-0.2, 0) is 0 Å². The third-order valence-electron chi connectivity index (χ3n) is 8.50. The molecule has 45 heavy (non-hydrogen) atoms. The number of nitrogens with zero attached hydrogens (tertiary/aromatic N) is 3. The van der Waals surface area contributed by atoms with Crippen molar-refractivity contribution in [3.63, 3.8) is 0 Å². The Morgan fingerprint density at radius 1 is 0.356 bits per heavy atom. The number of benzene rings is 7. The van der Waals surface area contributed by atoms with Gasteiger partial charge in [0, 0.05) is 42.2 Å². The third-order valence-corrected chi connectivity index (χ3v) is 9.70. The summed E-state index contributed by atoms with van der Waals surface area (Å²) < 4.78 is 2.67. The minimum Gasteiger partial charge on any atom is -0.208 e. The zero-order chi connectivity index (χ0) is 29.7. The van der Waals surface area contributed by atoms with E-state index < -0.39 is 0 Å². The minimum atomic E-state index is 0.655. The van der Waals surface area contributed by atoms with Crippen LogP contribution in [0.2, 0.25) is 0 Å². The molecule has 2 heterocycles. The second-order valence-electron chi connectivity index (χ2n) is 11.3. The maximum absolute atomic E-state index is 4.96. The van der Waals surface area contributed by atoms with E-state index in [0.717, 1.165) is 27.8 Å². The van der Waals surface area contributed by atoms with Crippen LogP contribution in [0.4, 0.5) is 0 Å². The monoisotopic (exact) mass is 591 g/mol. The van der Waals surface area contributed by atoms with Crippen LogP contribution in [0.5, 0.6) is 0 Å². The van der Waals surface area contributed by atoms with Crippen LogP contribution in [0.15, 0.2) is 152 Å². The van der Waals surface area contributed by atoms with Gasteiger partial charge in [-0.1, -0.05) is 133 Å². The highest BCUT2D eigenvalue weighted by molar-refractivity contribution is 7.26. The SMILES string of the molecule is c1ccc(-c2nc(-c3ccccc3)nc(-c3cccc(-c4ccc5ccc6ccc7c8ccccc8sc7c6c5c4)c3)n2)cc1. The van der Waals surface area contributed by atoms with Gasteiger partial charge in [0.2, 0.25) is 0 Å². The topological polar surface area (TPSA) is 38.7 Å². The van der Waals surface area contributed by atoms with E-state index in [2.05, 4.69) is 91.0 Å². The van der Waals surface area contributed by atoms with Crippen molar-refractivity contribution in [1.82, 2.24) is 15.0 Å². The second-order valence-corrected chi connectivity index (χ2v) is 12.3. The summed E-state index contributed by atoms with van der Waals surface area (Å²) in [6, 6.07) is 53.3. The van der Waals surface area contributed by atoms with Gasteiger partial charge in [0.1, 0.15) is 0 Å². The molecule has 0 radical (unpaired) electrons. The first-order valence-electron chi connectivity index (χ1n) is 15.0. The van der Waals surface area contributed by atoms with Gasteiger partial charge in [-0.05, 0) is 45.5 Å². The first kappa shape index (κ1) is 25.8. The first-order valence-corrected chi connectivity index (χ1v) is 15.8. The molecule has 0 aliphatic heterocycles. The fraction of sp³-hybridized carbons (Fsp3) is 0. The fourth-order valence-electron chi connectivity index (χ4n) is 6.27. The van der Waals surface area contributed by atoms with E-state index in [9.17, 15) is 0 Å². The molecule has 0 saturated carbocycles. The van der Waals surface area contributed by atoms with Crippen LogP contribution in [0.25, 0.3) is 87.0 Å². The van der Waals surface area contributed by atoms with E-state index in [4.69, 9.17) is 15.0 Å². The average molecular weight is 592 g/mol. The van der Waals surface area contributed by atoms with E-state index in [1.807, 2.05) is 72.0 Å². The highest BCUT2D eigenvalue weighted by Crippen LogP contribution is 2.42. The lowest BCUT2D eigenvalue weighted by Crippen LogP contribution is -2.00. The number of hydrogen-bond donors (Lipinski definition) is 0. The Balaban J connectivity index is 1.21. The summed E-state index contributed by atoms with van der Waals surface area (Å²) in [6.45, 7) is 0. The van der Waals surface area contributed by atoms with E-state index in [1.54, 1.807) is 0 Å². The molecule has 0 atom stereocenters. The predicted octanol–water partition coefficient (Wildman–Crippen LogP) is 11.2. The van der Waals surface area contributed by atoms with E-state index >= 15 is 0 Å². The Labute approximate surface area is 264 Å². The van der Waals surface area contributed by atoms with Crippen LogP contribution < -0.4 is 0 Å². The van der Waals surface area contributed by atoms with E-state index in [1.165, 1.54) is 41.7 Å². The van der Waals surface area contributed by atoms with Crippen molar-refractivity contribution >= 4 is 53.1 Å². The number of aromatic nitrogens is 3. The molecule has 3 nitrogen and oxygen atoms in total. The number of rotatable bonds is 4. The van der Waals surface area contributed by atoms with Crippen molar-refractivity contribution in [1.29, 1.82) is 0 Å². The molecule has 9 aromatic rings. The maximum Gasteiger partial charge on any atom is 0.164 e. The summed E-state index contributed by atoms with van der Waals surface area (Å²) in [6.07, 6.45) is 0. The highest BCUT2D eigenvalue weighted by atomic mass is 32.1. The standard InChI is InChI=1S/C41H25N3S/c1-3-10-28(11-4-1)39-42-40(29-12-5-2-6-13-29)44-41(43-39)32-15-9-14-30(24-32)31-21-19-26-18-20-27-22-23-34-33-16-7-8-17-36(33)45-38(34)37(27)35(26)25-31/h1-25H. The van der Waals surface area contributed by atoms with Crippen LogP contribution in [-0.4, -0.2) is 15.0 Å². The van der Waals surface area contributed by atoms with Crippen LogP contribution in [0.1, 0.15) is 0 Å². The predicted molar refractivity (Wildman–Crippen MR) is 189 cm³/mol. The van der Waals surface area contributed by atoms with Crippen LogP contribution >= 0.6 is 11.3 Å². The molecule has 0 bridgehead atoms. The normalized spacial score (nSPS) is 11.6. The Morgan fingerprint density at radius 2 is 0.911 bits per heavy atom. The lowest BCUT2D eigenvalue weighted by Gasteiger charge is -2.11. The van der Waals surface area contributed by atoms with Crippen molar-refractivity contribution in [2.75, 3.05) is 0 Å². The molecule has 0 amide bonds. The third kappa shape index (κ3) is 4.46. The van der Waals surface area contributed by atoms with Crippen molar-refractivity contribution in [2.24, 2.45) is 0 Å². The van der Waals surface area contributed by atoms with Crippen molar-refractivity contribution in [3.05, 3.63) is 152 Å². The summed E-state index contributed by atoms with van der Waals surface area (Å²) in [5, 5.41) is 7.74. The molecule has 2 aromatic heterocycles. The van der Waals surface area contributed by atoms with E-state index in [-0.39, 0.29) is 0 Å². The zero-order valence-electron chi connectivity index (χ0n) is 24.2. The van der Waals surface area contributed by atoms with Gasteiger partial charge < -0.3 is 0 Å². The molecule has 0 saturated heterocycles. The molecule has 210 valence electrons. The molecular formula is C41H25N3S. The molecule has 0 aliphatic carbocycles. The van der Waals surface area contributed by atoms with E-state index in [0.29, 0.717) is 17.5 Å². The van der Waals surface area contributed by atoms with Gasteiger partial charge in [0.25, 0.3) is 0 Å². The Hall–Kier alpha value is -5.71. The summed E-state index contributed by atoms with van der Waals surface area (Å²) in [5.74, 6) is 1.98. The molecule has 0 spiro atoms. The van der Waals surface area contributed by atoms with Gasteiger partial charge in [0.15, 0.2) is 17.5 Å². The highest BCUT2D eigenvalue weighted by Gasteiger charge is 2.14. The quantitative estimate of drug-likeness (QED) is 0.191. The lowest BCUT2D eigenvalue weighted by atomic mass is 9.95. The summed E-state index contributed by atoms with van der Waals surface area (Å²) in [5.41, 5.74) is 5.16. The molecule has 9 rings (SSSR count). The largest absolute Gasteiger partial charge is 0.208 e. The molecule has 0 N–H and O–H groups in total. The fourth-order valence-corrected chi connectivity index (χ4v) is 7.55. The molecule has 0 unspecified atom stereocenters. The summed E-state index contributed by atoms with van der Waals surface area (Å²) >= 11 is 1.88. The van der Waals surface area contributed by atoms with Crippen LogP contribution in [0.3, 0.4) is 0 Å². The molecule has 4 heteroatoms. The number of thiophene rings is 1. The summed E-state index contributed by atoms with van der Waals surface area (Å²) in [7, 11) is 0. The lowest BCUT2D eigenvalue weighted by molar-refractivity contribution is 1.07. The maximum atomic E-state index is 4.96. The Bertz CT molecular complexity index is 2480. The zero-order valence-corrected chi connectivity index (χ0v) is 25.0. The van der Waals surface area contributed by atoms with Gasteiger partial charge >= 0.3 is 0 Å². The number of fused-ring (bicyclic) bond motifs is 7. The minimum absolute atomic E-state index is 0.655. The second kappa shape index (κ2) is 10.5. The first-order chi connectivity index (χ1) is 22.3. The molecule has 0 aliphatic rings. The number of hydrogen-bond acceptors (Lipinski definition) is 4. The van der Waals surface area contributed by atoms with Gasteiger partial charge in [0.05, 0.1) is 0 Å². The molecular weight excluding hydrogens is 567 g/mol. The van der Waals surface area contributed by atoms with Gasteiger partial charge in [-0.25, -0.2) is 15.0 Å². The van der Waals surface area contributed by atoms with Crippen molar-refractivity contribution in [2.45, 2.75) is 0 Å². The smallest absolute Gasteiger partial charge is 0.164 e. The van der Waals surface area contributed by atoms with Gasteiger partial charge in [-0.3, -0.25) is 0 Å². The molecule has 7 aromatic carbocycles. The van der Waals surface area contributed by atoms with Gasteiger partial charge in [-0.15, -0.1) is 11.3 Å². The average Bonchev–Trinajstić information content (AvgIpc) is 3.51. The van der Waals surface area contributed by atoms with Crippen molar-refractivity contribution < 1.29 is 0 Å². The Kier molecular flexibility index (Phi) is 6.00. The summed E-state index contributed by atoms with van der Waals surface area (Å²) in [4.78, 5) is 14.8. The molecule has 0 fully saturated rings. The van der Waals surface area contributed by atoms with Gasteiger partial charge in [-0.2, -0.15) is 0 Å². The van der Waals surface area contributed by atoms with Crippen LogP contribution in [0, 0.1) is 0 Å². The Morgan fingerprint density at radius 3 is 1.67 bits per heavy atom.